The lowest BCUT2D eigenvalue weighted by Gasteiger charge is -2.30. The van der Waals surface area contributed by atoms with Crippen LogP contribution in [0.4, 0.5) is 0 Å². The molecule has 1 N–H and O–H groups in total. The first kappa shape index (κ1) is 14.0. The molecule has 1 fully saturated rings. The molecule has 1 aliphatic rings. The van der Waals surface area contributed by atoms with E-state index in [0.717, 1.165) is 24.1 Å². The first-order valence-electron chi connectivity index (χ1n) is 6.13. The molecule has 0 unspecified atom stereocenters. The van der Waals surface area contributed by atoms with Gasteiger partial charge in [0, 0.05) is 4.47 Å². The van der Waals surface area contributed by atoms with Crippen molar-refractivity contribution in [3.63, 3.8) is 0 Å². The zero-order valence-corrected chi connectivity index (χ0v) is 12.8. The first-order valence-corrected chi connectivity index (χ1v) is 8.36. The van der Waals surface area contributed by atoms with E-state index >= 15 is 0 Å². The van der Waals surface area contributed by atoms with Gasteiger partial charge in [-0.1, -0.05) is 15.9 Å². The van der Waals surface area contributed by atoms with Crippen LogP contribution in [0.5, 0.6) is 0 Å². The molecule has 0 spiro atoms. The monoisotopic (exact) mass is 333 g/mol. The second-order valence-corrected chi connectivity index (χ2v) is 7.32. The van der Waals surface area contributed by atoms with Gasteiger partial charge in [-0.15, -0.1) is 0 Å². The van der Waals surface area contributed by atoms with E-state index in [0.29, 0.717) is 18.0 Å². The van der Waals surface area contributed by atoms with Gasteiger partial charge in [0.25, 0.3) is 0 Å². The molecular formula is C12H18BrN2O2S+. The van der Waals surface area contributed by atoms with E-state index < -0.39 is 10.0 Å². The van der Waals surface area contributed by atoms with Gasteiger partial charge in [0.2, 0.25) is 10.0 Å². The fourth-order valence-corrected chi connectivity index (χ4v) is 3.86. The molecule has 1 heterocycles. The Morgan fingerprint density at radius 3 is 2.28 bits per heavy atom. The highest BCUT2D eigenvalue weighted by atomic mass is 79.9. The molecule has 0 radical (unpaired) electrons. The molecule has 100 valence electrons. The van der Waals surface area contributed by atoms with Crippen LogP contribution in [0.25, 0.3) is 0 Å². The Bertz CT molecular complexity index is 493. The Morgan fingerprint density at radius 1 is 1.22 bits per heavy atom. The van der Waals surface area contributed by atoms with Crippen molar-refractivity contribution in [3.8, 4) is 0 Å². The average Bonchev–Trinajstić information content (AvgIpc) is 2.39. The largest absolute Gasteiger partial charge is 0.333 e. The molecule has 1 aromatic rings. The van der Waals surface area contributed by atoms with Gasteiger partial charge in [0.15, 0.2) is 0 Å². The summed E-state index contributed by atoms with van der Waals surface area (Å²) in [6.45, 7) is 6.21. The van der Waals surface area contributed by atoms with Crippen molar-refractivity contribution < 1.29 is 13.3 Å². The maximum atomic E-state index is 12.4. The van der Waals surface area contributed by atoms with Crippen molar-refractivity contribution in [3.05, 3.63) is 28.7 Å². The average molecular weight is 334 g/mol. The van der Waals surface area contributed by atoms with E-state index in [1.807, 2.05) is 0 Å². The van der Waals surface area contributed by atoms with Crippen molar-refractivity contribution in [2.75, 3.05) is 32.7 Å². The summed E-state index contributed by atoms with van der Waals surface area (Å²) in [5, 5.41) is 0. The van der Waals surface area contributed by atoms with Crippen molar-refractivity contribution in [1.82, 2.24) is 4.31 Å². The minimum absolute atomic E-state index is 0.380. The van der Waals surface area contributed by atoms with E-state index in [9.17, 15) is 8.42 Å². The molecule has 2 rings (SSSR count). The van der Waals surface area contributed by atoms with Gasteiger partial charge in [-0.3, -0.25) is 0 Å². The number of hydrogen-bond acceptors (Lipinski definition) is 2. The van der Waals surface area contributed by atoms with Gasteiger partial charge in [-0.25, -0.2) is 8.42 Å². The summed E-state index contributed by atoms with van der Waals surface area (Å²) in [7, 11) is -3.31. The number of hydrogen-bond donors (Lipinski definition) is 1. The summed E-state index contributed by atoms with van der Waals surface area (Å²) in [5.41, 5.74) is 0. The van der Waals surface area contributed by atoms with Crippen molar-refractivity contribution in [2.24, 2.45) is 0 Å². The smallest absolute Gasteiger partial charge is 0.243 e. The van der Waals surface area contributed by atoms with E-state index in [1.165, 1.54) is 4.90 Å². The highest BCUT2D eigenvalue weighted by Crippen LogP contribution is 2.18. The number of benzene rings is 1. The highest BCUT2D eigenvalue weighted by Gasteiger charge is 2.29. The Labute approximate surface area is 117 Å². The van der Waals surface area contributed by atoms with E-state index in [2.05, 4.69) is 22.9 Å². The lowest BCUT2D eigenvalue weighted by molar-refractivity contribution is -0.901. The summed E-state index contributed by atoms with van der Waals surface area (Å²) in [6, 6.07) is 6.83. The molecule has 0 bridgehead atoms. The van der Waals surface area contributed by atoms with E-state index in [-0.39, 0.29) is 0 Å². The summed E-state index contributed by atoms with van der Waals surface area (Å²) >= 11 is 3.31. The van der Waals surface area contributed by atoms with Crippen LogP contribution in [0.1, 0.15) is 6.92 Å². The highest BCUT2D eigenvalue weighted by molar-refractivity contribution is 9.10. The first-order chi connectivity index (χ1) is 8.54. The lowest BCUT2D eigenvalue weighted by atomic mass is 10.4. The molecule has 0 atom stereocenters. The third kappa shape index (κ3) is 2.93. The lowest BCUT2D eigenvalue weighted by Crippen LogP contribution is -3.14. The van der Waals surface area contributed by atoms with Gasteiger partial charge in [-0.2, -0.15) is 4.31 Å². The number of likely N-dealkylation sites (N-methyl/N-ethyl adjacent to an activating group) is 1. The van der Waals surface area contributed by atoms with Crippen LogP contribution >= 0.6 is 15.9 Å². The molecule has 1 aromatic carbocycles. The molecular weight excluding hydrogens is 316 g/mol. The van der Waals surface area contributed by atoms with Crippen LogP contribution in [0.15, 0.2) is 33.6 Å². The van der Waals surface area contributed by atoms with E-state index in [4.69, 9.17) is 0 Å². The molecule has 18 heavy (non-hydrogen) atoms. The summed E-state index contributed by atoms with van der Waals surface area (Å²) in [5.74, 6) is 0. The van der Waals surface area contributed by atoms with Crippen molar-refractivity contribution in [2.45, 2.75) is 11.8 Å². The Kier molecular flexibility index (Phi) is 4.42. The van der Waals surface area contributed by atoms with Crippen LogP contribution in [0.2, 0.25) is 0 Å². The molecule has 1 aliphatic heterocycles. The third-order valence-corrected chi connectivity index (χ3v) is 5.82. The molecule has 1 saturated heterocycles. The fourth-order valence-electron chi connectivity index (χ4n) is 2.15. The number of piperazine rings is 1. The second kappa shape index (κ2) is 5.69. The number of nitrogens with zero attached hydrogens (tertiary/aromatic N) is 1. The third-order valence-electron chi connectivity index (χ3n) is 3.38. The molecule has 0 aromatic heterocycles. The van der Waals surface area contributed by atoms with Gasteiger partial charge < -0.3 is 4.90 Å². The molecule has 6 heteroatoms. The van der Waals surface area contributed by atoms with Gasteiger partial charge in [-0.05, 0) is 31.2 Å². The number of rotatable bonds is 3. The van der Waals surface area contributed by atoms with Crippen LogP contribution < -0.4 is 4.90 Å². The normalized spacial score (nSPS) is 19.0. The van der Waals surface area contributed by atoms with Crippen LogP contribution in [-0.4, -0.2) is 45.4 Å². The summed E-state index contributed by atoms with van der Waals surface area (Å²) < 4.78 is 27.3. The zero-order valence-electron chi connectivity index (χ0n) is 10.4. The Morgan fingerprint density at radius 2 is 1.78 bits per heavy atom. The summed E-state index contributed by atoms with van der Waals surface area (Å²) in [4.78, 5) is 1.85. The molecule has 0 amide bonds. The number of nitrogens with one attached hydrogen (secondary N) is 1. The van der Waals surface area contributed by atoms with E-state index in [1.54, 1.807) is 28.6 Å². The van der Waals surface area contributed by atoms with Gasteiger partial charge in [0.05, 0.1) is 37.6 Å². The Balaban J connectivity index is 2.15. The van der Waals surface area contributed by atoms with Crippen LogP contribution in [-0.2, 0) is 10.0 Å². The fraction of sp³-hybridized carbons (Fsp3) is 0.500. The standard InChI is InChI=1S/C12H17BrN2O2S/c1-2-14-7-9-15(10-8-14)18(16,17)12-5-3-11(13)4-6-12/h3-6H,2,7-10H2,1H3/p+1. The quantitative estimate of drug-likeness (QED) is 0.867. The predicted molar refractivity (Wildman–Crippen MR) is 74.1 cm³/mol. The predicted octanol–water partition coefficient (Wildman–Crippen LogP) is 0.358. The minimum atomic E-state index is -3.31. The van der Waals surface area contributed by atoms with Crippen LogP contribution in [0.3, 0.4) is 0 Å². The minimum Gasteiger partial charge on any atom is -0.333 e. The SMILES string of the molecule is CC[NH+]1CCN(S(=O)(=O)c2ccc(Br)cc2)CC1. The number of sulfonamides is 1. The molecule has 0 saturated carbocycles. The molecule has 0 aliphatic carbocycles. The topological polar surface area (TPSA) is 41.8 Å². The van der Waals surface area contributed by atoms with Crippen LogP contribution in [0, 0.1) is 0 Å². The molecule has 4 nitrogen and oxygen atoms in total. The summed E-state index contributed by atoms with van der Waals surface area (Å²) in [6.07, 6.45) is 0. The maximum Gasteiger partial charge on any atom is 0.243 e. The number of quaternary nitrogens is 1. The van der Waals surface area contributed by atoms with Gasteiger partial charge in [0.1, 0.15) is 0 Å². The number of halogens is 1. The zero-order chi connectivity index (χ0) is 13.2. The maximum absolute atomic E-state index is 12.4. The van der Waals surface area contributed by atoms with Crippen molar-refractivity contribution in [1.29, 1.82) is 0 Å². The Hall–Kier alpha value is -0.430. The van der Waals surface area contributed by atoms with Gasteiger partial charge >= 0.3 is 0 Å². The van der Waals surface area contributed by atoms with Crippen molar-refractivity contribution >= 4 is 26.0 Å². The second-order valence-electron chi connectivity index (χ2n) is 4.46.